The zero-order valence-electron chi connectivity index (χ0n) is 8.79. The first-order chi connectivity index (χ1) is 8.15. The van der Waals surface area contributed by atoms with Crippen LogP contribution < -0.4 is 5.73 Å². The highest BCUT2D eigenvalue weighted by atomic mass is 32.1. The zero-order valence-corrected chi connectivity index (χ0v) is 9.61. The van der Waals surface area contributed by atoms with E-state index in [9.17, 15) is 4.79 Å². The van der Waals surface area contributed by atoms with Gasteiger partial charge in [-0.1, -0.05) is 0 Å². The molecule has 1 heterocycles. The molecule has 1 amide bonds. The number of benzene rings is 1. The molecule has 2 rings (SSSR count). The Morgan fingerprint density at radius 1 is 1.41 bits per heavy atom. The summed E-state index contributed by atoms with van der Waals surface area (Å²) in [6.45, 7) is 0.130. The molecule has 0 bridgehead atoms. The van der Waals surface area contributed by atoms with E-state index < -0.39 is 6.09 Å². The van der Waals surface area contributed by atoms with Gasteiger partial charge in [0.1, 0.15) is 17.4 Å². The van der Waals surface area contributed by atoms with Gasteiger partial charge in [0.2, 0.25) is 0 Å². The number of hydrogen-bond acceptors (Lipinski definition) is 5. The Labute approximate surface area is 101 Å². The van der Waals surface area contributed by atoms with Crippen LogP contribution in [0, 0.1) is 0 Å². The highest BCUT2D eigenvalue weighted by Crippen LogP contribution is 2.26. The van der Waals surface area contributed by atoms with Crippen LogP contribution in [0.1, 0.15) is 4.88 Å². The number of aromatic nitrogens is 1. The summed E-state index contributed by atoms with van der Waals surface area (Å²) in [7, 11) is 0. The molecule has 1 aromatic carbocycles. The number of nitrogens with two attached hydrogens (primary N) is 1. The monoisotopic (exact) mass is 250 g/mol. The van der Waals surface area contributed by atoms with Crippen LogP contribution in [-0.2, 0) is 11.3 Å². The predicted octanol–water partition coefficient (Wildman–Crippen LogP) is 2.11. The maximum Gasteiger partial charge on any atom is 0.404 e. The van der Waals surface area contributed by atoms with E-state index in [1.54, 1.807) is 30.5 Å². The molecule has 0 aliphatic rings. The van der Waals surface area contributed by atoms with E-state index in [0.717, 1.165) is 15.4 Å². The van der Waals surface area contributed by atoms with Crippen molar-refractivity contribution in [2.24, 2.45) is 5.73 Å². The number of phenols is 1. The Morgan fingerprint density at radius 2 is 2.12 bits per heavy atom. The molecule has 0 fully saturated rings. The van der Waals surface area contributed by atoms with Crippen molar-refractivity contribution in [2.45, 2.75) is 6.61 Å². The van der Waals surface area contributed by atoms with Gasteiger partial charge in [-0.05, 0) is 24.3 Å². The largest absolute Gasteiger partial charge is 0.508 e. The molecule has 1 aromatic heterocycles. The summed E-state index contributed by atoms with van der Waals surface area (Å²) in [4.78, 5) is 15.5. The number of phenolic OH excluding ortho intramolecular Hbond substituents is 1. The minimum atomic E-state index is -0.801. The van der Waals surface area contributed by atoms with E-state index in [1.165, 1.54) is 11.3 Å². The highest BCUT2D eigenvalue weighted by molar-refractivity contribution is 7.15. The van der Waals surface area contributed by atoms with Gasteiger partial charge in [0.25, 0.3) is 0 Å². The first-order valence-corrected chi connectivity index (χ1v) is 5.63. The van der Waals surface area contributed by atoms with E-state index in [-0.39, 0.29) is 12.4 Å². The summed E-state index contributed by atoms with van der Waals surface area (Å²) in [5.41, 5.74) is 5.77. The van der Waals surface area contributed by atoms with Gasteiger partial charge in [-0.15, -0.1) is 11.3 Å². The van der Waals surface area contributed by atoms with Gasteiger partial charge in [-0.2, -0.15) is 0 Å². The van der Waals surface area contributed by atoms with Crippen LogP contribution in [0.5, 0.6) is 5.75 Å². The lowest BCUT2D eigenvalue weighted by atomic mass is 10.2. The molecule has 3 N–H and O–H groups in total. The topological polar surface area (TPSA) is 85.4 Å². The van der Waals surface area contributed by atoms with Gasteiger partial charge in [-0.25, -0.2) is 9.78 Å². The predicted molar refractivity (Wildman–Crippen MR) is 63.6 cm³/mol. The van der Waals surface area contributed by atoms with Crippen LogP contribution in [0.2, 0.25) is 0 Å². The molecule has 0 unspecified atom stereocenters. The third kappa shape index (κ3) is 2.94. The van der Waals surface area contributed by atoms with E-state index in [1.807, 2.05) is 0 Å². The molecule has 0 aliphatic carbocycles. The lowest BCUT2D eigenvalue weighted by molar-refractivity contribution is 0.151. The fraction of sp³-hybridized carbons (Fsp3) is 0.0909. The van der Waals surface area contributed by atoms with Crippen LogP contribution in [0.15, 0.2) is 30.5 Å². The molecular formula is C11H10N2O3S. The second-order valence-corrected chi connectivity index (χ2v) is 4.40. The smallest absolute Gasteiger partial charge is 0.404 e. The molecule has 0 aliphatic heterocycles. The van der Waals surface area contributed by atoms with Crippen molar-refractivity contribution in [1.29, 1.82) is 0 Å². The molecule has 17 heavy (non-hydrogen) atoms. The van der Waals surface area contributed by atoms with Gasteiger partial charge >= 0.3 is 6.09 Å². The Kier molecular flexibility index (Phi) is 3.24. The fourth-order valence-electron chi connectivity index (χ4n) is 1.25. The number of ether oxygens (including phenoxy) is 1. The number of nitrogens with zero attached hydrogens (tertiary/aromatic N) is 1. The molecular weight excluding hydrogens is 240 g/mol. The molecule has 88 valence electrons. The molecule has 0 saturated heterocycles. The van der Waals surface area contributed by atoms with Crippen LogP contribution in [0.4, 0.5) is 4.79 Å². The summed E-state index contributed by atoms with van der Waals surface area (Å²) in [6, 6.07) is 6.73. The average molecular weight is 250 g/mol. The molecule has 0 saturated carbocycles. The Balaban J connectivity index is 2.12. The lowest BCUT2D eigenvalue weighted by Gasteiger charge is -1.97. The number of carbonyl (C=O) groups excluding carboxylic acids is 1. The number of amides is 1. The van der Waals surface area contributed by atoms with Crippen molar-refractivity contribution in [3.8, 4) is 16.3 Å². The summed E-state index contributed by atoms with van der Waals surface area (Å²) in [5, 5.41) is 9.96. The van der Waals surface area contributed by atoms with Gasteiger partial charge in [0, 0.05) is 11.8 Å². The quantitative estimate of drug-likeness (QED) is 0.873. The standard InChI is InChI=1S/C11H10N2O3S/c12-11(15)16-6-9-5-13-10(17-9)7-1-3-8(14)4-2-7/h1-5,14H,6H2,(H2,12,15). The van der Waals surface area contributed by atoms with Gasteiger partial charge in [0.15, 0.2) is 0 Å². The SMILES string of the molecule is NC(=O)OCc1cnc(-c2ccc(O)cc2)s1. The molecule has 0 atom stereocenters. The van der Waals surface area contributed by atoms with Crippen molar-refractivity contribution in [3.63, 3.8) is 0 Å². The van der Waals surface area contributed by atoms with Crippen LogP contribution in [0.25, 0.3) is 10.6 Å². The van der Waals surface area contributed by atoms with Crippen molar-refractivity contribution in [1.82, 2.24) is 4.98 Å². The third-order valence-corrected chi connectivity index (χ3v) is 3.04. The number of primary amides is 1. The first kappa shape index (κ1) is 11.4. The summed E-state index contributed by atoms with van der Waals surface area (Å²) >= 11 is 1.41. The van der Waals surface area contributed by atoms with E-state index in [2.05, 4.69) is 9.72 Å². The number of carbonyl (C=O) groups is 1. The molecule has 2 aromatic rings. The minimum Gasteiger partial charge on any atom is -0.508 e. The van der Waals surface area contributed by atoms with Crippen molar-refractivity contribution >= 4 is 17.4 Å². The fourth-order valence-corrected chi connectivity index (χ4v) is 2.08. The van der Waals surface area contributed by atoms with Crippen LogP contribution >= 0.6 is 11.3 Å². The van der Waals surface area contributed by atoms with Gasteiger partial charge < -0.3 is 15.6 Å². The minimum absolute atomic E-state index is 0.130. The zero-order chi connectivity index (χ0) is 12.3. The first-order valence-electron chi connectivity index (χ1n) is 4.81. The second-order valence-electron chi connectivity index (χ2n) is 3.29. The number of rotatable bonds is 3. The second kappa shape index (κ2) is 4.84. The van der Waals surface area contributed by atoms with Crippen molar-refractivity contribution < 1.29 is 14.6 Å². The normalized spacial score (nSPS) is 10.1. The summed E-state index contributed by atoms with van der Waals surface area (Å²) < 4.78 is 4.67. The van der Waals surface area contributed by atoms with E-state index in [4.69, 9.17) is 10.8 Å². The van der Waals surface area contributed by atoms with Gasteiger partial charge in [0.05, 0.1) is 4.88 Å². The van der Waals surface area contributed by atoms with E-state index in [0.29, 0.717) is 0 Å². The molecule has 0 spiro atoms. The number of hydrogen-bond donors (Lipinski definition) is 2. The third-order valence-electron chi connectivity index (χ3n) is 2.02. The number of thiazole rings is 1. The van der Waals surface area contributed by atoms with Crippen LogP contribution in [-0.4, -0.2) is 16.2 Å². The average Bonchev–Trinajstić information content (AvgIpc) is 2.76. The Bertz CT molecular complexity index is 522. The van der Waals surface area contributed by atoms with Crippen molar-refractivity contribution in [3.05, 3.63) is 35.3 Å². The van der Waals surface area contributed by atoms with Gasteiger partial charge in [-0.3, -0.25) is 0 Å². The molecule has 0 radical (unpaired) electrons. The Morgan fingerprint density at radius 3 is 2.76 bits per heavy atom. The van der Waals surface area contributed by atoms with E-state index >= 15 is 0 Å². The summed E-state index contributed by atoms with van der Waals surface area (Å²) in [5.74, 6) is 0.211. The maximum absolute atomic E-state index is 10.4. The summed E-state index contributed by atoms with van der Waals surface area (Å²) in [6.07, 6.45) is 0.833. The number of aromatic hydroxyl groups is 1. The molecule has 6 heteroatoms. The van der Waals surface area contributed by atoms with Crippen molar-refractivity contribution in [2.75, 3.05) is 0 Å². The molecule has 5 nitrogen and oxygen atoms in total. The maximum atomic E-state index is 10.4. The van der Waals surface area contributed by atoms with Crippen LogP contribution in [0.3, 0.4) is 0 Å². The highest BCUT2D eigenvalue weighted by Gasteiger charge is 2.06. The Hall–Kier alpha value is -2.08. The lowest BCUT2D eigenvalue weighted by Crippen LogP contribution is -2.12.